The highest BCUT2D eigenvalue weighted by atomic mass is 16.6. The number of amides is 1. The molecule has 1 aromatic rings. The van der Waals surface area contributed by atoms with Crippen LogP contribution in [0.3, 0.4) is 0 Å². The van der Waals surface area contributed by atoms with Gasteiger partial charge in [0, 0.05) is 37.9 Å². The number of nitrogens with zero attached hydrogens (tertiary/aromatic N) is 2. The fourth-order valence-corrected chi connectivity index (χ4v) is 1.55. The summed E-state index contributed by atoms with van der Waals surface area (Å²) in [5, 5.41) is 19.4. The van der Waals surface area contributed by atoms with E-state index >= 15 is 0 Å². The van der Waals surface area contributed by atoms with Crippen molar-refractivity contribution < 1.29 is 19.6 Å². The number of carbonyl (C=O) groups is 1. The zero-order chi connectivity index (χ0) is 14.3. The first-order valence-corrected chi connectivity index (χ1v) is 5.73. The lowest BCUT2D eigenvalue weighted by Gasteiger charge is -2.21. The van der Waals surface area contributed by atoms with E-state index in [1.54, 1.807) is 0 Å². The molecule has 19 heavy (non-hydrogen) atoms. The van der Waals surface area contributed by atoms with Crippen LogP contribution in [0.2, 0.25) is 0 Å². The van der Waals surface area contributed by atoms with Crippen molar-refractivity contribution in [1.29, 1.82) is 0 Å². The molecule has 0 atom stereocenters. The van der Waals surface area contributed by atoms with Crippen molar-refractivity contribution in [2.45, 2.75) is 0 Å². The summed E-state index contributed by atoms with van der Waals surface area (Å²) in [5.74, 6) is -0.291. The predicted octanol–water partition coefficient (Wildman–Crippen LogP) is 0.676. The van der Waals surface area contributed by atoms with E-state index in [2.05, 4.69) is 0 Å². The van der Waals surface area contributed by atoms with Gasteiger partial charge in [-0.3, -0.25) is 14.9 Å². The fraction of sp³-hybridized carbons (Fsp3) is 0.417. The smallest absolute Gasteiger partial charge is 0.269 e. The first-order chi connectivity index (χ1) is 9.10. The molecule has 1 N–H and O–H groups in total. The van der Waals surface area contributed by atoms with Crippen LogP contribution < -0.4 is 0 Å². The van der Waals surface area contributed by atoms with Crippen LogP contribution in [0.5, 0.6) is 0 Å². The number of aliphatic hydroxyl groups excluding tert-OH is 1. The van der Waals surface area contributed by atoms with Crippen LogP contribution in [-0.4, -0.2) is 54.3 Å². The Morgan fingerprint density at radius 2 is 2.00 bits per heavy atom. The molecular formula is C12H16N2O5. The zero-order valence-electron chi connectivity index (χ0n) is 10.6. The molecule has 0 saturated heterocycles. The van der Waals surface area contributed by atoms with Crippen molar-refractivity contribution in [1.82, 2.24) is 4.90 Å². The summed E-state index contributed by atoms with van der Waals surface area (Å²) in [6, 6.07) is 5.36. The van der Waals surface area contributed by atoms with Gasteiger partial charge >= 0.3 is 0 Å². The van der Waals surface area contributed by atoms with Gasteiger partial charge in [0.1, 0.15) is 0 Å². The molecule has 0 spiro atoms. The predicted molar refractivity (Wildman–Crippen MR) is 68.0 cm³/mol. The third kappa shape index (κ3) is 4.31. The Hall–Kier alpha value is -1.99. The number of carbonyl (C=O) groups excluding carboxylic acids is 1. The van der Waals surface area contributed by atoms with Gasteiger partial charge in [0.2, 0.25) is 0 Å². The van der Waals surface area contributed by atoms with Crippen LogP contribution in [-0.2, 0) is 4.74 Å². The molecule has 0 aliphatic heterocycles. The minimum absolute atomic E-state index is 0.0675. The molecule has 0 aliphatic rings. The third-order valence-electron chi connectivity index (χ3n) is 2.55. The second kappa shape index (κ2) is 7.45. The van der Waals surface area contributed by atoms with Crippen LogP contribution in [0.1, 0.15) is 10.4 Å². The third-order valence-corrected chi connectivity index (χ3v) is 2.55. The summed E-state index contributed by atoms with van der Waals surface area (Å²) in [7, 11) is 1.52. The van der Waals surface area contributed by atoms with E-state index in [0.717, 1.165) is 0 Å². The van der Waals surface area contributed by atoms with Gasteiger partial charge in [-0.25, -0.2) is 0 Å². The van der Waals surface area contributed by atoms with Crippen molar-refractivity contribution in [2.75, 3.05) is 33.4 Å². The molecule has 0 radical (unpaired) electrons. The van der Waals surface area contributed by atoms with Crippen LogP contribution in [0.15, 0.2) is 24.3 Å². The van der Waals surface area contributed by atoms with Crippen LogP contribution >= 0.6 is 0 Å². The molecule has 104 valence electrons. The summed E-state index contributed by atoms with van der Waals surface area (Å²) in [6.45, 7) is 0.757. The number of nitro benzene ring substituents is 1. The Kier molecular flexibility index (Phi) is 5.91. The van der Waals surface area contributed by atoms with Gasteiger partial charge in [-0.1, -0.05) is 0 Å². The van der Waals surface area contributed by atoms with Crippen molar-refractivity contribution >= 4 is 11.6 Å². The number of aliphatic hydroxyl groups is 1. The minimum Gasteiger partial charge on any atom is -0.395 e. The summed E-state index contributed by atoms with van der Waals surface area (Å²) in [5.41, 5.74) is 0.275. The van der Waals surface area contributed by atoms with Crippen molar-refractivity contribution in [3.05, 3.63) is 39.9 Å². The number of rotatable bonds is 7. The summed E-state index contributed by atoms with van der Waals surface area (Å²) in [4.78, 5) is 23.5. The monoisotopic (exact) mass is 268 g/mol. The Labute approximate surface area is 110 Å². The van der Waals surface area contributed by atoms with E-state index in [1.165, 1.54) is 36.3 Å². The second-order valence-electron chi connectivity index (χ2n) is 3.81. The molecule has 0 heterocycles. The van der Waals surface area contributed by atoms with Crippen LogP contribution in [0, 0.1) is 10.1 Å². The maximum Gasteiger partial charge on any atom is 0.269 e. The molecule has 7 nitrogen and oxygen atoms in total. The first-order valence-electron chi connectivity index (χ1n) is 5.73. The van der Waals surface area contributed by atoms with Gasteiger partial charge in [-0.2, -0.15) is 0 Å². The summed E-state index contributed by atoms with van der Waals surface area (Å²) < 4.78 is 4.89. The number of non-ortho nitro benzene ring substituents is 1. The number of methoxy groups -OCH3 is 1. The Morgan fingerprint density at radius 3 is 2.47 bits per heavy atom. The lowest BCUT2D eigenvalue weighted by Crippen LogP contribution is -2.36. The van der Waals surface area contributed by atoms with Crippen LogP contribution in [0.25, 0.3) is 0 Å². The normalized spacial score (nSPS) is 10.2. The molecule has 7 heteroatoms. The maximum absolute atomic E-state index is 12.1. The SMILES string of the molecule is COCCN(CCO)C(=O)c1ccc([N+](=O)[O-])cc1. The zero-order valence-corrected chi connectivity index (χ0v) is 10.6. The van der Waals surface area contributed by atoms with Gasteiger partial charge in [0.25, 0.3) is 11.6 Å². The number of ether oxygens (including phenoxy) is 1. The number of hydrogen-bond acceptors (Lipinski definition) is 5. The van der Waals surface area contributed by atoms with Gasteiger partial charge in [0.15, 0.2) is 0 Å². The molecule has 0 aliphatic carbocycles. The van der Waals surface area contributed by atoms with E-state index < -0.39 is 4.92 Å². The van der Waals surface area contributed by atoms with E-state index in [0.29, 0.717) is 18.7 Å². The highest BCUT2D eigenvalue weighted by Gasteiger charge is 2.16. The average molecular weight is 268 g/mol. The number of hydrogen-bond donors (Lipinski definition) is 1. The molecular weight excluding hydrogens is 252 g/mol. The molecule has 0 bridgehead atoms. The minimum atomic E-state index is -0.523. The fourth-order valence-electron chi connectivity index (χ4n) is 1.55. The van der Waals surface area contributed by atoms with Crippen molar-refractivity contribution in [3.63, 3.8) is 0 Å². The second-order valence-corrected chi connectivity index (χ2v) is 3.81. The standard InChI is InChI=1S/C12H16N2O5/c1-19-9-7-13(6-8-15)12(16)10-2-4-11(5-3-10)14(17)18/h2-5,15H,6-9H2,1H3. The van der Waals surface area contributed by atoms with Gasteiger partial charge < -0.3 is 14.7 Å². The van der Waals surface area contributed by atoms with Crippen LogP contribution in [0.4, 0.5) is 5.69 Å². The molecule has 0 fully saturated rings. The van der Waals surface area contributed by atoms with Crippen molar-refractivity contribution in [2.24, 2.45) is 0 Å². The topological polar surface area (TPSA) is 92.9 Å². The van der Waals surface area contributed by atoms with Crippen molar-refractivity contribution in [3.8, 4) is 0 Å². The quantitative estimate of drug-likeness (QED) is 0.579. The average Bonchev–Trinajstić information content (AvgIpc) is 2.42. The van der Waals surface area contributed by atoms with Gasteiger partial charge in [-0.05, 0) is 12.1 Å². The molecule has 0 saturated carbocycles. The lowest BCUT2D eigenvalue weighted by atomic mass is 10.2. The molecule has 0 unspecified atom stereocenters. The molecule has 1 aromatic carbocycles. The van der Waals surface area contributed by atoms with E-state index in [9.17, 15) is 14.9 Å². The molecule has 0 aromatic heterocycles. The maximum atomic E-state index is 12.1. The summed E-state index contributed by atoms with van der Waals surface area (Å²) >= 11 is 0. The highest BCUT2D eigenvalue weighted by molar-refractivity contribution is 5.94. The largest absolute Gasteiger partial charge is 0.395 e. The molecule has 1 amide bonds. The van der Waals surface area contributed by atoms with Gasteiger partial charge in [-0.15, -0.1) is 0 Å². The lowest BCUT2D eigenvalue weighted by molar-refractivity contribution is -0.384. The number of benzene rings is 1. The van der Waals surface area contributed by atoms with E-state index in [4.69, 9.17) is 9.84 Å². The Bertz CT molecular complexity index is 432. The summed E-state index contributed by atoms with van der Waals surface area (Å²) in [6.07, 6.45) is 0. The molecule has 1 rings (SSSR count). The van der Waals surface area contributed by atoms with E-state index in [1.807, 2.05) is 0 Å². The number of nitro groups is 1. The Morgan fingerprint density at radius 1 is 1.37 bits per heavy atom. The highest BCUT2D eigenvalue weighted by Crippen LogP contribution is 2.13. The van der Waals surface area contributed by atoms with Gasteiger partial charge in [0.05, 0.1) is 18.1 Å². The first kappa shape index (κ1) is 15.1. The Balaban J connectivity index is 2.80. The van der Waals surface area contributed by atoms with E-state index in [-0.39, 0.29) is 24.7 Å².